The topological polar surface area (TPSA) is 46.1 Å². The van der Waals surface area contributed by atoms with Crippen LogP contribution in [0.15, 0.2) is 29.3 Å². The van der Waals surface area contributed by atoms with Gasteiger partial charge in [0.05, 0.1) is 12.7 Å². The van der Waals surface area contributed by atoms with Crippen molar-refractivity contribution in [1.29, 1.82) is 0 Å². The van der Waals surface area contributed by atoms with E-state index < -0.39 is 0 Å². The zero-order chi connectivity index (χ0) is 18.2. The van der Waals surface area contributed by atoms with E-state index in [-0.39, 0.29) is 12.2 Å². The molecule has 0 spiro atoms. The fourth-order valence-electron chi connectivity index (χ4n) is 3.43. The van der Waals surface area contributed by atoms with E-state index in [9.17, 15) is 0 Å². The zero-order valence-corrected chi connectivity index (χ0v) is 16.8. The number of thioether (sulfide) groups is 1. The molecule has 0 radical (unpaired) electrons. The summed E-state index contributed by atoms with van der Waals surface area (Å²) in [5, 5.41) is 3.50. The minimum absolute atomic E-state index is 0.167. The number of aliphatic imine (C=N–C) groups is 1. The Labute approximate surface area is 161 Å². The summed E-state index contributed by atoms with van der Waals surface area (Å²) in [6, 6.07) is 8.79. The van der Waals surface area contributed by atoms with Crippen LogP contribution in [0.1, 0.15) is 24.0 Å². The van der Waals surface area contributed by atoms with E-state index in [2.05, 4.69) is 46.4 Å². The Morgan fingerprint density at radius 3 is 2.77 bits per heavy atom. The number of ether oxygens (including phenoxy) is 2. The molecule has 2 aliphatic rings. The molecule has 2 atom stereocenters. The summed E-state index contributed by atoms with van der Waals surface area (Å²) in [6.45, 7) is 6.41. The van der Waals surface area contributed by atoms with Crippen LogP contribution in [0.5, 0.6) is 0 Å². The molecule has 1 N–H and O–H groups in total. The molecule has 2 heterocycles. The zero-order valence-electron chi connectivity index (χ0n) is 15.9. The second-order valence-electron chi connectivity index (χ2n) is 6.92. The molecule has 2 saturated heterocycles. The lowest BCUT2D eigenvalue weighted by Gasteiger charge is -2.37. The lowest BCUT2D eigenvalue weighted by Crippen LogP contribution is -2.53. The fraction of sp³-hybridized carbons (Fsp3) is 0.650. The van der Waals surface area contributed by atoms with Crippen molar-refractivity contribution in [2.24, 2.45) is 4.99 Å². The number of benzene rings is 1. The molecule has 0 aromatic heterocycles. The van der Waals surface area contributed by atoms with Crippen LogP contribution in [0, 0.1) is 6.92 Å². The van der Waals surface area contributed by atoms with E-state index in [0.717, 1.165) is 63.2 Å². The first-order valence-corrected chi connectivity index (χ1v) is 10.7. The van der Waals surface area contributed by atoms with Crippen LogP contribution in [0.3, 0.4) is 0 Å². The number of aryl methyl sites for hydroxylation is 1. The first-order valence-electron chi connectivity index (χ1n) is 9.58. The quantitative estimate of drug-likeness (QED) is 0.469. The van der Waals surface area contributed by atoms with Crippen molar-refractivity contribution in [2.75, 3.05) is 45.6 Å². The van der Waals surface area contributed by atoms with E-state index in [1.807, 2.05) is 18.8 Å². The van der Waals surface area contributed by atoms with Crippen molar-refractivity contribution in [1.82, 2.24) is 10.2 Å². The predicted molar refractivity (Wildman–Crippen MR) is 109 cm³/mol. The van der Waals surface area contributed by atoms with E-state index in [1.165, 1.54) is 11.1 Å². The van der Waals surface area contributed by atoms with Gasteiger partial charge in [0.2, 0.25) is 0 Å². The van der Waals surface area contributed by atoms with Gasteiger partial charge in [0, 0.05) is 44.8 Å². The second kappa shape index (κ2) is 10.2. The van der Waals surface area contributed by atoms with Crippen LogP contribution in [-0.2, 0) is 15.2 Å². The van der Waals surface area contributed by atoms with Gasteiger partial charge in [-0.1, -0.05) is 29.8 Å². The smallest absolute Gasteiger partial charge is 0.193 e. The number of rotatable bonds is 6. The van der Waals surface area contributed by atoms with Crippen molar-refractivity contribution < 1.29 is 9.47 Å². The number of hydrogen-bond acceptors (Lipinski definition) is 4. The van der Waals surface area contributed by atoms with E-state index >= 15 is 0 Å². The van der Waals surface area contributed by atoms with Crippen molar-refractivity contribution in [3.63, 3.8) is 0 Å². The molecule has 0 aliphatic carbocycles. The maximum absolute atomic E-state index is 5.93. The first kappa shape index (κ1) is 19.5. The van der Waals surface area contributed by atoms with Gasteiger partial charge in [-0.2, -0.15) is 11.8 Å². The van der Waals surface area contributed by atoms with Gasteiger partial charge >= 0.3 is 0 Å². The Morgan fingerprint density at radius 2 is 2.04 bits per heavy atom. The summed E-state index contributed by atoms with van der Waals surface area (Å²) in [6.07, 6.45) is 2.68. The molecule has 0 amide bonds. The monoisotopic (exact) mass is 377 g/mol. The molecule has 3 rings (SSSR count). The highest BCUT2D eigenvalue weighted by atomic mass is 32.2. The molecule has 1 aromatic carbocycles. The number of hydrogen-bond donors (Lipinski definition) is 1. The van der Waals surface area contributed by atoms with Gasteiger partial charge in [0.25, 0.3) is 0 Å². The van der Waals surface area contributed by atoms with Crippen LogP contribution in [0.2, 0.25) is 0 Å². The van der Waals surface area contributed by atoms with Crippen molar-refractivity contribution >= 4 is 17.7 Å². The van der Waals surface area contributed by atoms with Gasteiger partial charge in [-0.15, -0.1) is 0 Å². The summed E-state index contributed by atoms with van der Waals surface area (Å²) in [5.74, 6) is 3.10. The van der Waals surface area contributed by atoms with Crippen LogP contribution < -0.4 is 5.32 Å². The van der Waals surface area contributed by atoms with Crippen LogP contribution in [-0.4, -0.2) is 68.7 Å². The molecule has 2 unspecified atom stereocenters. The van der Waals surface area contributed by atoms with Gasteiger partial charge in [-0.25, -0.2) is 0 Å². The third kappa shape index (κ3) is 5.63. The van der Waals surface area contributed by atoms with Gasteiger partial charge in [0.1, 0.15) is 6.10 Å². The van der Waals surface area contributed by atoms with Gasteiger partial charge in [0.15, 0.2) is 5.96 Å². The summed E-state index contributed by atoms with van der Waals surface area (Å²) in [5.41, 5.74) is 2.70. The second-order valence-corrected chi connectivity index (χ2v) is 8.02. The number of nitrogens with one attached hydrogen (secondary N) is 1. The molecule has 144 valence electrons. The Kier molecular flexibility index (Phi) is 7.65. The Hall–Kier alpha value is -1.24. The maximum atomic E-state index is 5.93. The highest BCUT2D eigenvalue weighted by molar-refractivity contribution is 7.98. The van der Waals surface area contributed by atoms with E-state index in [0.29, 0.717) is 0 Å². The summed E-state index contributed by atoms with van der Waals surface area (Å²) < 4.78 is 11.7. The number of guanidine groups is 1. The molecule has 6 heteroatoms. The van der Waals surface area contributed by atoms with Crippen LogP contribution >= 0.6 is 11.8 Å². The molecular formula is C20H31N3O2S. The predicted octanol–water partition coefficient (Wildman–Crippen LogP) is 2.68. The SMILES string of the molecule is CN=C(NCCSCc1ccc(C)cc1)N1CCOC(C2CCCO2)C1. The van der Waals surface area contributed by atoms with E-state index in [1.54, 1.807) is 0 Å². The average molecular weight is 378 g/mol. The number of nitrogens with zero attached hydrogens (tertiary/aromatic N) is 2. The normalized spacial score (nSPS) is 24.1. The van der Waals surface area contributed by atoms with Crippen molar-refractivity contribution in [3.05, 3.63) is 35.4 Å². The van der Waals surface area contributed by atoms with Gasteiger partial charge in [-0.05, 0) is 25.3 Å². The fourth-order valence-corrected chi connectivity index (χ4v) is 4.25. The molecule has 1 aromatic rings. The molecule has 2 fully saturated rings. The minimum atomic E-state index is 0.167. The maximum Gasteiger partial charge on any atom is 0.193 e. The molecule has 5 nitrogen and oxygen atoms in total. The van der Waals surface area contributed by atoms with Crippen LogP contribution in [0.25, 0.3) is 0 Å². The molecule has 2 aliphatic heterocycles. The molecule has 26 heavy (non-hydrogen) atoms. The van der Waals surface area contributed by atoms with E-state index in [4.69, 9.17) is 9.47 Å². The van der Waals surface area contributed by atoms with Crippen molar-refractivity contribution in [3.8, 4) is 0 Å². The molecular weight excluding hydrogens is 346 g/mol. The Morgan fingerprint density at radius 1 is 1.23 bits per heavy atom. The third-order valence-corrected chi connectivity index (χ3v) is 5.93. The lowest BCUT2D eigenvalue weighted by molar-refractivity contribution is -0.0816. The van der Waals surface area contributed by atoms with Gasteiger partial charge in [-0.3, -0.25) is 4.99 Å². The molecule has 0 bridgehead atoms. The first-order chi connectivity index (χ1) is 12.8. The highest BCUT2D eigenvalue weighted by Crippen LogP contribution is 2.21. The Balaban J connectivity index is 1.37. The molecule has 0 saturated carbocycles. The summed E-state index contributed by atoms with van der Waals surface area (Å²) in [4.78, 5) is 6.77. The summed E-state index contributed by atoms with van der Waals surface area (Å²) in [7, 11) is 1.86. The minimum Gasteiger partial charge on any atom is -0.375 e. The Bertz CT molecular complexity index is 573. The largest absolute Gasteiger partial charge is 0.375 e. The van der Waals surface area contributed by atoms with Crippen molar-refractivity contribution in [2.45, 2.75) is 37.7 Å². The average Bonchev–Trinajstić information content (AvgIpc) is 3.21. The number of morpholine rings is 1. The standard InChI is InChI=1S/C20H31N3O2S/c1-16-5-7-17(8-6-16)15-26-13-9-22-20(21-2)23-10-12-25-19(14-23)18-4-3-11-24-18/h5-8,18-19H,3-4,9-15H2,1-2H3,(H,21,22). The third-order valence-electron chi connectivity index (χ3n) is 4.90. The highest BCUT2D eigenvalue weighted by Gasteiger charge is 2.32. The summed E-state index contributed by atoms with van der Waals surface area (Å²) >= 11 is 1.95. The lowest BCUT2D eigenvalue weighted by atomic mass is 10.1. The van der Waals surface area contributed by atoms with Crippen LogP contribution in [0.4, 0.5) is 0 Å². The van der Waals surface area contributed by atoms with Gasteiger partial charge < -0.3 is 19.7 Å².